The van der Waals surface area contributed by atoms with Gasteiger partial charge >= 0.3 is 6.03 Å². The van der Waals surface area contributed by atoms with E-state index in [0.717, 1.165) is 0 Å². The van der Waals surface area contributed by atoms with Crippen LogP contribution in [0.3, 0.4) is 0 Å². The van der Waals surface area contributed by atoms with Gasteiger partial charge in [-0.05, 0) is 36.4 Å². The van der Waals surface area contributed by atoms with Crippen LogP contribution in [-0.2, 0) is 0 Å². The summed E-state index contributed by atoms with van der Waals surface area (Å²) in [4.78, 5) is 23.0. The molecule has 0 radical (unpaired) electrons. The summed E-state index contributed by atoms with van der Waals surface area (Å²) in [6.07, 6.45) is 8.80. The van der Waals surface area contributed by atoms with Crippen LogP contribution in [0.15, 0.2) is 60.3 Å². The molecule has 0 bridgehead atoms. The molecule has 1 aliphatic rings. The molecule has 4 N–H and O–H groups in total. The lowest BCUT2D eigenvalue weighted by Crippen LogP contribution is -2.34. The minimum absolute atomic E-state index is 0.162. The van der Waals surface area contributed by atoms with Gasteiger partial charge < -0.3 is 10.6 Å². The van der Waals surface area contributed by atoms with Crippen molar-refractivity contribution in [1.82, 2.24) is 16.1 Å². The Morgan fingerprint density at radius 2 is 1.96 bits per heavy atom. The van der Waals surface area contributed by atoms with E-state index in [0.29, 0.717) is 16.8 Å². The Kier molecular flexibility index (Phi) is 6.84. The Balaban J connectivity index is 1.81. The minimum atomic E-state index is -0.588. The standard InChI is InChI=1S/C18H16ClN3O3/c19-15-4-1-5-16(11-10-15)21-18(24)20-12-2-3-13-6-8-14(9-7-13)17(23)22-25/h1,4-11,15,25H,12H2,(H,22,23)(H2,20,21,24). The predicted octanol–water partition coefficient (Wildman–Crippen LogP) is 2.07. The maximum Gasteiger partial charge on any atom is 0.319 e. The SMILES string of the molecule is O=C(NCC#Cc1ccc(C(=O)NO)cc1)NC1=CC=CC(Cl)C=C1. The summed E-state index contributed by atoms with van der Waals surface area (Å²) in [5.74, 6) is 5.08. The van der Waals surface area contributed by atoms with E-state index >= 15 is 0 Å². The monoisotopic (exact) mass is 357 g/mol. The molecule has 6 nitrogen and oxygen atoms in total. The van der Waals surface area contributed by atoms with Gasteiger partial charge in [0.2, 0.25) is 0 Å². The Hall–Kier alpha value is -3.01. The van der Waals surface area contributed by atoms with Gasteiger partial charge in [0.1, 0.15) is 0 Å². The first-order chi connectivity index (χ1) is 12.1. The van der Waals surface area contributed by atoms with Crippen molar-refractivity contribution in [3.05, 3.63) is 71.5 Å². The van der Waals surface area contributed by atoms with E-state index in [9.17, 15) is 9.59 Å². The van der Waals surface area contributed by atoms with Crippen molar-refractivity contribution in [2.45, 2.75) is 5.38 Å². The Bertz CT molecular complexity index is 786. The van der Waals surface area contributed by atoms with E-state index in [1.54, 1.807) is 48.0 Å². The zero-order valence-electron chi connectivity index (χ0n) is 13.1. The second-order valence-electron chi connectivity index (χ2n) is 4.94. The van der Waals surface area contributed by atoms with E-state index in [-0.39, 0.29) is 18.0 Å². The number of hydroxylamine groups is 1. The molecule has 3 amide bonds. The third-order valence-corrected chi connectivity index (χ3v) is 3.40. The molecule has 7 heteroatoms. The summed E-state index contributed by atoms with van der Waals surface area (Å²) in [5.41, 5.74) is 3.19. The van der Waals surface area contributed by atoms with Crippen LogP contribution in [0.4, 0.5) is 4.79 Å². The van der Waals surface area contributed by atoms with Crippen molar-refractivity contribution >= 4 is 23.5 Å². The highest BCUT2D eigenvalue weighted by molar-refractivity contribution is 6.23. The fourth-order valence-electron chi connectivity index (χ4n) is 1.88. The average Bonchev–Trinajstić information content (AvgIpc) is 2.83. The summed E-state index contributed by atoms with van der Waals surface area (Å²) in [5, 5.41) is 13.6. The number of urea groups is 1. The highest BCUT2D eigenvalue weighted by Crippen LogP contribution is 2.07. The second-order valence-corrected chi connectivity index (χ2v) is 5.44. The molecule has 25 heavy (non-hydrogen) atoms. The van der Waals surface area contributed by atoms with Gasteiger partial charge in [-0.25, -0.2) is 10.3 Å². The smallest absolute Gasteiger partial charge is 0.319 e. The lowest BCUT2D eigenvalue weighted by Gasteiger charge is -2.05. The van der Waals surface area contributed by atoms with Crippen molar-refractivity contribution in [2.75, 3.05) is 6.54 Å². The molecule has 2 rings (SSSR count). The number of rotatable bonds is 3. The summed E-state index contributed by atoms with van der Waals surface area (Å²) < 4.78 is 0. The number of nitrogens with one attached hydrogen (secondary N) is 3. The van der Waals surface area contributed by atoms with E-state index in [1.165, 1.54) is 12.1 Å². The highest BCUT2D eigenvalue weighted by atomic mass is 35.5. The maximum atomic E-state index is 11.8. The minimum Gasteiger partial charge on any atom is -0.327 e. The van der Waals surface area contributed by atoms with Gasteiger partial charge in [0, 0.05) is 16.8 Å². The molecule has 0 heterocycles. The number of amides is 3. The van der Waals surface area contributed by atoms with Crippen molar-refractivity contribution in [3.8, 4) is 11.8 Å². The highest BCUT2D eigenvalue weighted by Gasteiger charge is 2.03. The van der Waals surface area contributed by atoms with Gasteiger partial charge in [-0.3, -0.25) is 10.0 Å². The molecule has 0 saturated carbocycles. The number of allylic oxidation sites excluding steroid dienone is 5. The Labute approximate surface area is 150 Å². The number of hydrogen-bond donors (Lipinski definition) is 4. The van der Waals surface area contributed by atoms with Crippen molar-refractivity contribution in [1.29, 1.82) is 0 Å². The van der Waals surface area contributed by atoms with Crippen LogP contribution in [0.5, 0.6) is 0 Å². The van der Waals surface area contributed by atoms with Crippen molar-refractivity contribution in [3.63, 3.8) is 0 Å². The van der Waals surface area contributed by atoms with Crippen molar-refractivity contribution < 1.29 is 14.8 Å². The summed E-state index contributed by atoms with van der Waals surface area (Å²) in [6, 6.07) is 6.00. The van der Waals surface area contributed by atoms with Crippen LogP contribution >= 0.6 is 11.6 Å². The van der Waals surface area contributed by atoms with Gasteiger partial charge in [0.05, 0.1) is 11.9 Å². The zero-order chi connectivity index (χ0) is 18.1. The molecule has 0 saturated heterocycles. The number of alkyl halides is 1. The predicted molar refractivity (Wildman–Crippen MR) is 95.1 cm³/mol. The maximum absolute atomic E-state index is 11.8. The quantitative estimate of drug-likeness (QED) is 0.289. The van der Waals surface area contributed by atoms with Crippen LogP contribution in [0.1, 0.15) is 15.9 Å². The largest absolute Gasteiger partial charge is 0.327 e. The first kappa shape index (κ1) is 18.3. The third-order valence-electron chi connectivity index (χ3n) is 3.11. The zero-order valence-corrected chi connectivity index (χ0v) is 13.9. The number of benzene rings is 1. The molecule has 1 unspecified atom stereocenters. The van der Waals surface area contributed by atoms with E-state index in [1.807, 2.05) is 0 Å². The van der Waals surface area contributed by atoms with Gasteiger partial charge in [0.15, 0.2) is 0 Å². The van der Waals surface area contributed by atoms with Crippen LogP contribution in [0.2, 0.25) is 0 Å². The normalized spacial score (nSPS) is 15.3. The molecule has 0 spiro atoms. The summed E-state index contributed by atoms with van der Waals surface area (Å²) >= 11 is 5.93. The average molecular weight is 358 g/mol. The fraction of sp³-hybridized carbons (Fsp3) is 0.111. The van der Waals surface area contributed by atoms with E-state index < -0.39 is 5.91 Å². The van der Waals surface area contributed by atoms with Crippen molar-refractivity contribution in [2.24, 2.45) is 0 Å². The van der Waals surface area contributed by atoms with Gasteiger partial charge in [-0.1, -0.05) is 30.1 Å². The van der Waals surface area contributed by atoms with Crippen LogP contribution in [0.25, 0.3) is 0 Å². The summed E-state index contributed by atoms with van der Waals surface area (Å²) in [7, 11) is 0. The molecule has 1 aliphatic carbocycles. The molecular formula is C18H16ClN3O3. The number of halogens is 1. The van der Waals surface area contributed by atoms with Gasteiger partial charge in [0.25, 0.3) is 5.91 Å². The van der Waals surface area contributed by atoms with E-state index in [4.69, 9.17) is 16.8 Å². The molecule has 0 aromatic heterocycles. The molecule has 0 aliphatic heterocycles. The van der Waals surface area contributed by atoms with Crippen LogP contribution in [-0.4, -0.2) is 29.1 Å². The Morgan fingerprint density at radius 1 is 1.20 bits per heavy atom. The molecular weight excluding hydrogens is 342 g/mol. The third kappa shape index (κ3) is 6.18. The summed E-state index contributed by atoms with van der Waals surface area (Å²) in [6.45, 7) is 0.162. The number of hydrogen-bond acceptors (Lipinski definition) is 3. The molecule has 1 atom stereocenters. The van der Waals surface area contributed by atoms with E-state index in [2.05, 4.69) is 22.5 Å². The Morgan fingerprint density at radius 3 is 2.68 bits per heavy atom. The molecule has 0 fully saturated rings. The first-order valence-corrected chi connectivity index (χ1v) is 7.81. The fourth-order valence-corrected chi connectivity index (χ4v) is 2.04. The van der Waals surface area contributed by atoms with Gasteiger partial charge in [-0.2, -0.15) is 0 Å². The van der Waals surface area contributed by atoms with Crippen LogP contribution in [0, 0.1) is 11.8 Å². The van der Waals surface area contributed by atoms with Crippen LogP contribution < -0.4 is 16.1 Å². The molecule has 1 aromatic rings. The second kappa shape index (κ2) is 9.33. The number of carbonyl (C=O) groups is 2. The van der Waals surface area contributed by atoms with Gasteiger partial charge in [-0.15, -0.1) is 11.6 Å². The molecule has 1 aromatic carbocycles. The first-order valence-electron chi connectivity index (χ1n) is 7.37. The number of carbonyl (C=O) groups excluding carboxylic acids is 2. The lowest BCUT2D eigenvalue weighted by molar-refractivity contribution is 0.0706. The molecule has 128 valence electrons. The lowest BCUT2D eigenvalue weighted by atomic mass is 10.1. The topological polar surface area (TPSA) is 90.5 Å².